The molecule has 18 heavy (non-hydrogen) atoms. The number of carbonyl (C=O) groups is 1. The van der Waals surface area contributed by atoms with Crippen molar-refractivity contribution in [1.29, 1.82) is 0 Å². The van der Waals surface area contributed by atoms with Crippen molar-refractivity contribution in [2.45, 2.75) is 38.3 Å². The van der Waals surface area contributed by atoms with Gasteiger partial charge in [-0.25, -0.2) is 0 Å². The van der Waals surface area contributed by atoms with Crippen molar-refractivity contribution in [2.75, 3.05) is 7.11 Å². The summed E-state index contributed by atoms with van der Waals surface area (Å²) in [6.07, 6.45) is 3.02. The van der Waals surface area contributed by atoms with E-state index in [2.05, 4.69) is 5.32 Å². The molecule has 0 radical (unpaired) electrons. The van der Waals surface area contributed by atoms with Crippen LogP contribution in [0.15, 0.2) is 18.2 Å². The van der Waals surface area contributed by atoms with Gasteiger partial charge < -0.3 is 10.1 Å². The second-order valence-corrected chi connectivity index (χ2v) is 5.18. The van der Waals surface area contributed by atoms with E-state index in [0.29, 0.717) is 23.2 Å². The molecule has 1 aliphatic rings. The molecule has 1 unspecified atom stereocenters. The summed E-state index contributed by atoms with van der Waals surface area (Å²) >= 11 is 6.08. The molecule has 1 N–H and O–H groups in total. The summed E-state index contributed by atoms with van der Waals surface area (Å²) in [5, 5.41) is 3.95. The quantitative estimate of drug-likeness (QED) is 0.861. The van der Waals surface area contributed by atoms with Gasteiger partial charge in [-0.2, -0.15) is 0 Å². The molecule has 0 aromatic heterocycles. The molecule has 0 saturated heterocycles. The monoisotopic (exact) mass is 267 g/mol. The molecular formula is C14H18ClNO2. The fourth-order valence-corrected chi connectivity index (χ4v) is 2.21. The van der Waals surface area contributed by atoms with Gasteiger partial charge in [0.05, 0.1) is 18.2 Å². The first-order chi connectivity index (χ1) is 8.60. The standard InChI is InChI=1S/C14H18ClNO2/c1-9(17)13(16-11-4-5-11)8-10-3-6-14(18-2)12(15)7-10/h3,6-7,11,13,16H,4-5,8H2,1-2H3. The Kier molecular flexibility index (Phi) is 4.25. The Morgan fingerprint density at radius 2 is 2.28 bits per heavy atom. The van der Waals surface area contributed by atoms with Crippen LogP contribution in [0.3, 0.4) is 0 Å². The zero-order chi connectivity index (χ0) is 13.1. The first kappa shape index (κ1) is 13.4. The van der Waals surface area contributed by atoms with Crippen LogP contribution in [0.2, 0.25) is 5.02 Å². The maximum Gasteiger partial charge on any atom is 0.147 e. The van der Waals surface area contributed by atoms with Gasteiger partial charge in [0.15, 0.2) is 0 Å². The molecule has 1 saturated carbocycles. The molecule has 1 aliphatic carbocycles. The van der Waals surface area contributed by atoms with Crippen molar-refractivity contribution >= 4 is 17.4 Å². The highest BCUT2D eigenvalue weighted by molar-refractivity contribution is 6.32. The Labute approximate surface area is 112 Å². The Morgan fingerprint density at radius 1 is 1.56 bits per heavy atom. The number of Topliss-reactive ketones (excluding diaryl/α,β-unsaturated/α-hetero) is 1. The summed E-state index contributed by atoms with van der Waals surface area (Å²) in [5.74, 6) is 0.837. The van der Waals surface area contributed by atoms with Crippen molar-refractivity contribution in [2.24, 2.45) is 0 Å². The molecule has 0 aliphatic heterocycles. The van der Waals surface area contributed by atoms with Crippen LogP contribution in [-0.4, -0.2) is 25.0 Å². The van der Waals surface area contributed by atoms with Gasteiger partial charge in [0.25, 0.3) is 0 Å². The first-order valence-corrected chi connectivity index (χ1v) is 6.57. The van der Waals surface area contributed by atoms with Crippen LogP contribution in [0.4, 0.5) is 0 Å². The third-order valence-corrected chi connectivity index (χ3v) is 3.46. The lowest BCUT2D eigenvalue weighted by Crippen LogP contribution is -2.38. The number of methoxy groups -OCH3 is 1. The summed E-state index contributed by atoms with van der Waals surface area (Å²) < 4.78 is 5.11. The topological polar surface area (TPSA) is 38.3 Å². The smallest absolute Gasteiger partial charge is 0.147 e. The van der Waals surface area contributed by atoms with Crippen LogP contribution in [0, 0.1) is 0 Å². The zero-order valence-electron chi connectivity index (χ0n) is 10.7. The van der Waals surface area contributed by atoms with Crippen LogP contribution in [-0.2, 0) is 11.2 Å². The third-order valence-electron chi connectivity index (χ3n) is 3.16. The molecule has 1 fully saturated rings. The van der Waals surface area contributed by atoms with E-state index >= 15 is 0 Å². The number of nitrogens with one attached hydrogen (secondary N) is 1. The minimum absolute atomic E-state index is 0.109. The van der Waals surface area contributed by atoms with E-state index in [4.69, 9.17) is 16.3 Å². The molecule has 4 heteroatoms. The molecule has 98 valence electrons. The lowest BCUT2D eigenvalue weighted by molar-refractivity contribution is -0.119. The van der Waals surface area contributed by atoms with Crippen molar-refractivity contribution in [1.82, 2.24) is 5.32 Å². The molecule has 2 rings (SSSR count). The molecule has 1 aromatic carbocycles. The highest BCUT2D eigenvalue weighted by Gasteiger charge is 2.26. The van der Waals surface area contributed by atoms with Gasteiger partial charge in [0.1, 0.15) is 11.5 Å². The van der Waals surface area contributed by atoms with E-state index in [1.54, 1.807) is 14.0 Å². The highest BCUT2D eigenvalue weighted by Crippen LogP contribution is 2.26. The Bertz CT molecular complexity index is 443. The van der Waals surface area contributed by atoms with Crippen molar-refractivity contribution < 1.29 is 9.53 Å². The van der Waals surface area contributed by atoms with Gasteiger partial charge in [-0.1, -0.05) is 17.7 Å². The number of ketones is 1. The van der Waals surface area contributed by atoms with Crippen molar-refractivity contribution in [3.8, 4) is 5.75 Å². The van der Waals surface area contributed by atoms with E-state index in [0.717, 1.165) is 5.56 Å². The second kappa shape index (κ2) is 5.72. The summed E-state index contributed by atoms with van der Waals surface area (Å²) in [6.45, 7) is 1.63. The highest BCUT2D eigenvalue weighted by atomic mass is 35.5. The van der Waals surface area contributed by atoms with Crippen LogP contribution >= 0.6 is 11.6 Å². The molecule has 0 amide bonds. The predicted octanol–water partition coefficient (Wildman–Crippen LogP) is 2.60. The van der Waals surface area contributed by atoms with E-state index in [1.807, 2.05) is 18.2 Å². The Morgan fingerprint density at radius 3 is 2.78 bits per heavy atom. The largest absolute Gasteiger partial charge is 0.495 e. The number of rotatable bonds is 6. The zero-order valence-corrected chi connectivity index (χ0v) is 11.5. The Hall–Kier alpha value is -1.06. The van der Waals surface area contributed by atoms with Crippen LogP contribution < -0.4 is 10.1 Å². The maximum atomic E-state index is 11.6. The van der Waals surface area contributed by atoms with E-state index in [-0.39, 0.29) is 11.8 Å². The van der Waals surface area contributed by atoms with Crippen LogP contribution in [0.25, 0.3) is 0 Å². The lowest BCUT2D eigenvalue weighted by atomic mass is 10.0. The van der Waals surface area contributed by atoms with Gasteiger partial charge in [-0.3, -0.25) is 4.79 Å². The Balaban J connectivity index is 2.05. The van der Waals surface area contributed by atoms with Gasteiger partial charge in [-0.15, -0.1) is 0 Å². The number of hydrogen-bond donors (Lipinski definition) is 1. The second-order valence-electron chi connectivity index (χ2n) is 4.78. The number of halogens is 1. The summed E-state index contributed by atoms with van der Waals surface area (Å²) in [5.41, 5.74) is 1.05. The fourth-order valence-electron chi connectivity index (χ4n) is 1.93. The van der Waals surface area contributed by atoms with Gasteiger partial charge in [0, 0.05) is 6.04 Å². The SMILES string of the molecule is COc1ccc(CC(NC2CC2)C(C)=O)cc1Cl. The summed E-state index contributed by atoms with van der Waals surface area (Å²) in [6, 6.07) is 6.07. The molecule has 1 atom stereocenters. The minimum atomic E-state index is -0.109. The van der Waals surface area contributed by atoms with E-state index in [1.165, 1.54) is 12.8 Å². The molecule has 0 heterocycles. The van der Waals surface area contributed by atoms with E-state index < -0.39 is 0 Å². The number of hydrogen-bond acceptors (Lipinski definition) is 3. The lowest BCUT2D eigenvalue weighted by Gasteiger charge is -2.16. The fraction of sp³-hybridized carbons (Fsp3) is 0.500. The third kappa shape index (κ3) is 3.47. The van der Waals surface area contributed by atoms with Crippen LogP contribution in [0.5, 0.6) is 5.75 Å². The molecule has 3 nitrogen and oxygen atoms in total. The molecular weight excluding hydrogens is 250 g/mol. The average molecular weight is 268 g/mol. The maximum absolute atomic E-state index is 11.6. The predicted molar refractivity (Wildman–Crippen MR) is 72.3 cm³/mol. The first-order valence-electron chi connectivity index (χ1n) is 6.19. The van der Waals surface area contributed by atoms with E-state index in [9.17, 15) is 4.79 Å². The normalized spacial score (nSPS) is 16.4. The van der Waals surface area contributed by atoms with Crippen LogP contribution in [0.1, 0.15) is 25.3 Å². The van der Waals surface area contributed by atoms with Crippen molar-refractivity contribution in [3.63, 3.8) is 0 Å². The van der Waals surface area contributed by atoms with Crippen molar-refractivity contribution in [3.05, 3.63) is 28.8 Å². The number of ether oxygens (including phenoxy) is 1. The molecule has 0 spiro atoms. The van der Waals surface area contributed by atoms with Gasteiger partial charge >= 0.3 is 0 Å². The van der Waals surface area contributed by atoms with Gasteiger partial charge in [0.2, 0.25) is 0 Å². The van der Waals surface area contributed by atoms with Gasteiger partial charge in [-0.05, 0) is 43.9 Å². The summed E-state index contributed by atoms with van der Waals surface area (Å²) in [4.78, 5) is 11.6. The molecule has 0 bridgehead atoms. The number of benzene rings is 1. The minimum Gasteiger partial charge on any atom is -0.495 e. The number of carbonyl (C=O) groups excluding carboxylic acids is 1. The summed E-state index contributed by atoms with van der Waals surface area (Å²) in [7, 11) is 1.59. The average Bonchev–Trinajstić information content (AvgIpc) is 3.12. The molecule has 1 aromatic rings.